The maximum Gasteiger partial charge on any atom is 0.252 e. The van der Waals surface area contributed by atoms with Crippen LogP contribution in [0.15, 0.2) is 36.5 Å². The maximum absolute atomic E-state index is 13.1. The number of aromatic nitrogens is 3. The van der Waals surface area contributed by atoms with Crippen molar-refractivity contribution in [1.82, 2.24) is 25.0 Å². The normalized spacial score (nSPS) is 11.6. The first-order valence-electron chi connectivity index (χ1n) is 10.3. The monoisotopic (exact) mass is 409 g/mol. The number of pyridine rings is 1. The summed E-state index contributed by atoms with van der Waals surface area (Å²) in [7, 11) is 3.70. The molecule has 2 heterocycles. The van der Waals surface area contributed by atoms with Gasteiger partial charge in [0.05, 0.1) is 29.4 Å². The molecule has 0 bridgehead atoms. The minimum atomic E-state index is -0.112. The van der Waals surface area contributed by atoms with Gasteiger partial charge in [-0.15, -0.1) is 0 Å². The SMILES string of the molecule is COCCN(C)CCNC(=O)c1cc(-c2ccc(C)cc2)nc2c1cnn2C(C)C. The van der Waals surface area contributed by atoms with Crippen molar-refractivity contribution in [3.8, 4) is 11.3 Å². The molecule has 0 fully saturated rings. The molecular formula is C23H31N5O2. The van der Waals surface area contributed by atoms with E-state index in [2.05, 4.69) is 48.2 Å². The molecule has 0 aliphatic carbocycles. The first-order valence-corrected chi connectivity index (χ1v) is 10.3. The van der Waals surface area contributed by atoms with Crippen molar-refractivity contribution in [1.29, 1.82) is 0 Å². The Labute approximate surface area is 178 Å². The summed E-state index contributed by atoms with van der Waals surface area (Å²) in [5.74, 6) is -0.112. The number of nitrogens with one attached hydrogen (secondary N) is 1. The van der Waals surface area contributed by atoms with E-state index in [9.17, 15) is 4.79 Å². The molecule has 7 heteroatoms. The fourth-order valence-corrected chi connectivity index (χ4v) is 3.27. The van der Waals surface area contributed by atoms with E-state index in [4.69, 9.17) is 9.72 Å². The van der Waals surface area contributed by atoms with Gasteiger partial charge in [0, 0.05) is 38.3 Å². The van der Waals surface area contributed by atoms with E-state index in [0.717, 1.165) is 35.4 Å². The molecule has 0 radical (unpaired) electrons. The number of rotatable bonds is 9. The van der Waals surface area contributed by atoms with Crippen molar-refractivity contribution in [3.63, 3.8) is 0 Å². The van der Waals surface area contributed by atoms with Crippen molar-refractivity contribution >= 4 is 16.9 Å². The highest BCUT2D eigenvalue weighted by Crippen LogP contribution is 2.26. The summed E-state index contributed by atoms with van der Waals surface area (Å²) in [6, 6.07) is 10.2. The van der Waals surface area contributed by atoms with Gasteiger partial charge in [-0.25, -0.2) is 9.67 Å². The number of likely N-dealkylation sites (N-methyl/N-ethyl adjacent to an activating group) is 1. The predicted molar refractivity (Wildman–Crippen MR) is 120 cm³/mol. The van der Waals surface area contributed by atoms with E-state index in [1.165, 1.54) is 5.56 Å². The molecule has 160 valence electrons. The second kappa shape index (κ2) is 9.82. The van der Waals surface area contributed by atoms with E-state index < -0.39 is 0 Å². The van der Waals surface area contributed by atoms with Gasteiger partial charge in [0.1, 0.15) is 0 Å². The quantitative estimate of drug-likeness (QED) is 0.587. The number of carbonyl (C=O) groups is 1. The second-order valence-corrected chi connectivity index (χ2v) is 7.89. The van der Waals surface area contributed by atoms with E-state index >= 15 is 0 Å². The van der Waals surface area contributed by atoms with Crippen LogP contribution in [0.25, 0.3) is 22.3 Å². The van der Waals surface area contributed by atoms with Crippen molar-refractivity contribution in [2.24, 2.45) is 0 Å². The van der Waals surface area contributed by atoms with Crippen molar-refractivity contribution in [2.75, 3.05) is 40.4 Å². The molecule has 0 saturated heterocycles. The summed E-state index contributed by atoms with van der Waals surface area (Å²) in [5, 5.41) is 8.29. The van der Waals surface area contributed by atoms with E-state index in [1.807, 2.05) is 29.9 Å². The molecular weight excluding hydrogens is 378 g/mol. The van der Waals surface area contributed by atoms with Gasteiger partial charge >= 0.3 is 0 Å². The molecule has 0 aliphatic rings. The summed E-state index contributed by atoms with van der Waals surface area (Å²) in [6.45, 7) is 8.97. The van der Waals surface area contributed by atoms with E-state index in [1.54, 1.807) is 13.3 Å². The standard InChI is InChI=1S/C23H31N5O2/c1-16(2)28-22-20(15-25-28)19(23(29)24-10-11-27(4)12-13-30-5)14-21(26-22)18-8-6-17(3)7-9-18/h6-9,14-16H,10-13H2,1-5H3,(H,24,29). The number of benzene rings is 1. The molecule has 1 N–H and O–H groups in total. The lowest BCUT2D eigenvalue weighted by Crippen LogP contribution is -2.34. The molecule has 0 saturated carbocycles. The number of methoxy groups -OCH3 is 1. The van der Waals surface area contributed by atoms with E-state index in [-0.39, 0.29) is 11.9 Å². The average molecular weight is 410 g/mol. The van der Waals surface area contributed by atoms with Gasteiger partial charge in [-0.05, 0) is 33.9 Å². The number of nitrogens with zero attached hydrogens (tertiary/aromatic N) is 4. The van der Waals surface area contributed by atoms with Crippen LogP contribution in [-0.2, 0) is 4.74 Å². The Morgan fingerprint density at radius 1 is 1.23 bits per heavy atom. The molecule has 0 spiro atoms. The predicted octanol–water partition coefficient (Wildman–Crippen LogP) is 3.30. The van der Waals surface area contributed by atoms with Crippen LogP contribution >= 0.6 is 0 Å². The van der Waals surface area contributed by atoms with Gasteiger partial charge in [-0.1, -0.05) is 29.8 Å². The molecule has 0 unspecified atom stereocenters. The average Bonchev–Trinajstić information content (AvgIpc) is 3.16. The van der Waals surface area contributed by atoms with E-state index in [0.29, 0.717) is 18.7 Å². The highest BCUT2D eigenvalue weighted by atomic mass is 16.5. The third kappa shape index (κ3) is 5.04. The topological polar surface area (TPSA) is 72.3 Å². The first-order chi connectivity index (χ1) is 14.4. The number of hydrogen-bond donors (Lipinski definition) is 1. The lowest BCUT2D eigenvalue weighted by atomic mass is 10.1. The summed E-state index contributed by atoms with van der Waals surface area (Å²) in [6.07, 6.45) is 1.74. The Kier molecular flexibility index (Phi) is 7.18. The van der Waals surface area contributed by atoms with Crippen LogP contribution < -0.4 is 5.32 Å². The fraction of sp³-hybridized carbons (Fsp3) is 0.435. The third-order valence-electron chi connectivity index (χ3n) is 5.10. The zero-order valence-corrected chi connectivity index (χ0v) is 18.5. The Morgan fingerprint density at radius 2 is 1.97 bits per heavy atom. The summed E-state index contributed by atoms with van der Waals surface area (Å²) in [4.78, 5) is 20.0. The minimum absolute atomic E-state index is 0.112. The number of aryl methyl sites for hydroxylation is 1. The lowest BCUT2D eigenvalue weighted by Gasteiger charge is -2.16. The Bertz CT molecular complexity index is 995. The van der Waals surface area contributed by atoms with Crippen LogP contribution in [0.3, 0.4) is 0 Å². The van der Waals surface area contributed by atoms with Crippen molar-refractivity contribution in [3.05, 3.63) is 47.7 Å². The molecule has 30 heavy (non-hydrogen) atoms. The van der Waals surface area contributed by atoms with Gasteiger partial charge in [0.2, 0.25) is 0 Å². The summed E-state index contributed by atoms with van der Waals surface area (Å²) >= 11 is 0. The van der Waals surface area contributed by atoms with Gasteiger partial charge in [0.15, 0.2) is 5.65 Å². The number of amides is 1. The molecule has 0 atom stereocenters. The van der Waals surface area contributed by atoms with Crippen LogP contribution in [-0.4, -0.2) is 66.0 Å². The number of carbonyl (C=O) groups excluding carboxylic acids is 1. The van der Waals surface area contributed by atoms with Crippen LogP contribution in [0.5, 0.6) is 0 Å². The van der Waals surface area contributed by atoms with Gasteiger partial charge < -0.3 is 15.0 Å². The molecule has 7 nitrogen and oxygen atoms in total. The molecule has 1 amide bonds. The largest absolute Gasteiger partial charge is 0.383 e. The summed E-state index contributed by atoms with van der Waals surface area (Å²) in [5.41, 5.74) is 4.26. The number of fused-ring (bicyclic) bond motifs is 1. The Hall–Kier alpha value is -2.77. The van der Waals surface area contributed by atoms with Gasteiger partial charge in [-0.3, -0.25) is 4.79 Å². The van der Waals surface area contributed by atoms with Crippen LogP contribution in [0.1, 0.15) is 35.8 Å². The fourth-order valence-electron chi connectivity index (χ4n) is 3.27. The van der Waals surface area contributed by atoms with Crippen molar-refractivity contribution < 1.29 is 9.53 Å². The third-order valence-corrected chi connectivity index (χ3v) is 5.10. The number of ether oxygens (including phenoxy) is 1. The molecule has 0 aliphatic heterocycles. The first kappa shape index (κ1) is 21.9. The highest BCUT2D eigenvalue weighted by Gasteiger charge is 2.18. The molecule has 3 aromatic rings. The maximum atomic E-state index is 13.1. The van der Waals surface area contributed by atoms with Gasteiger partial charge in [0.25, 0.3) is 5.91 Å². The van der Waals surface area contributed by atoms with Gasteiger partial charge in [-0.2, -0.15) is 5.10 Å². The molecule has 1 aromatic carbocycles. The zero-order chi connectivity index (χ0) is 21.7. The minimum Gasteiger partial charge on any atom is -0.383 e. The van der Waals surface area contributed by atoms with Crippen LogP contribution in [0, 0.1) is 6.92 Å². The van der Waals surface area contributed by atoms with Crippen LogP contribution in [0.2, 0.25) is 0 Å². The molecule has 3 rings (SSSR count). The second-order valence-electron chi connectivity index (χ2n) is 7.89. The smallest absolute Gasteiger partial charge is 0.252 e. The lowest BCUT2D eigenvalue weighted by molar-refractivity contribution is 0.0949. The van der Waals surface area contributed by atoms with Crippen molar-refractivity contribution in [2.45, 2.75) is 26.8 Å². The highest BCUT2D eigenvalue weighted by molar-refractivity contribution is 6.06. The Balaban J connectivity index is 1.90. The van der Waals surface area contributed by atoms with Crippen LogP contribution in [0.4, 0.5) is 0 Å². The Morgan fingerprint density at radius 3 is 2.63 bits per heavy atom. The number of hydrogen-bond acceptors (Lipinski definition) is 5. The summed E-state index contributed by atoms with van der Waals surface area (Å²) < 4.78 is 6.96. The molecule has 2 aromatic heterocycles. The zero-order valence-electron chi connectivity index (χ0n) is 18.5.